The molecular weight excluding hydrogens is 595 g/mol. The van der Waals surface area contributed by atoms with Crippen LogP contribution in [-0.2, 0) is 10.8 Å². The lowest BCUT2D eigenvalue weighted by Gasteiger charge is -2.38. The van der Waals surface area contributed by atoms with Gasteiger partial charge in [0.2, 0.25) is 0 Å². The van der Waals surface area contributed by atoms with E-state index in [1.807, 2.05) is 30.3 Å². The van der Waals surface area contributed by atoms with Crippen LogP contribution in [0.15, 0.2) is 182 Å². The largest absolute Gasteiger partial charge is 0.508 e. The summed E-state index contributed by atoms with van der Waals surface area (Å²) in [5.41, 5.74) is 11.1. The van der Waals surface area contributed by atoms with E-state index >= 15 is 0 Å². The van der Waals surface area contributed by atoms with Crippen molar-refractivity contribution >= 4 is 11.4 Å². The molecule has 7 rings (SSSR count). The first kappa shape index (κ1) is 31.7. The summed E-state index contributed by atoms with van der Waals surface area (Å²) in [6, 6.07) is 63.8. The molecule has 49 heavy (non-hydrogen) atoms. The van der Waals surface area contributed by atoms with Crippen molar-refractivity contribution in [1.29, 1.82) is 0 Å². The van der Waals surface area contributed by atoms with Gasteiger partial charge in [-0.1, -0.05) is 154 Å². The Bertz CT molecular complexity index is 2110. The standard InChI is InChI=1S/C47H41NO/c1-46(2,3)38-24-26-43(27-25-38)48-44-30-36(34-16-8-4-9-17-34)28-41(32-44)47(39-20-12-6-13-21-39,40-22-14-7-15-23-40)42-29-37(31-45(49)33-42)35-18-10-5-11-19-35/h4-33,48-49H,1-3H3. The molecule has 0 atom stereocenters. The average molecular weight is 636 g/mol. The van der Waals surface area contributed by atoms with Gasteiger partial charge < -0.3 is 10.4 Å². The van der Waals surface area contributed by atoms with Gasteiger partial charge in [0.1, 0.15) is 5.75 Å². The van der Waals surface area contributed by atoms with E-state index in [4.69, 9.17) is 0 Å². The maximum Gasteiger partial charge on any atom is 0.116 e. The van der Waals surface area contributed by atoms with E-state index in [1.54, 1.807) is 0 Å². The van der Waals surface area contributed by atoms with E-state index in [0.717, 1.165) is 55.9 Å². The minimum absolute atomic E-state index is 0.0732. The molecule has 2 heteroatoms. The summed E-state index contributed by atoms with van der Waals surface area (Å²) in [6.45, 7) is 6.72. The number of benzene rings is 7. The fourth-order valence-electron chi connectivity index (χ4n) is 6.94. The molecule has 7 aromatic carbocycles. The normalized spacial score (nSPS) is 11.7. The number of hydrogen-bond donors (Lipinski definition) is 2. The Balaban J connectivity index is 1.53. The molecule has 7 aromatic rings. The molecule has 0 radical (unpaired) electrons. The number of nitrogens with one attached hydrogen (secondary N) is 1. The van der Waals surface area contributed by atoms with E-state index in [0.29, 0.717) is 0 Å². The SMILES string of the molecule is CC(C)(C)c1ccc(Nc2cc(-c3ccccc3)cc(C(c3ccccc3)(c3ccccc3)c3cc(O)cc(-c4ccccc4)c3)c2)cc1. The molecule has 0 aliphatic rings. The van der Waals surface area contributed by atoms with Crippen LogP contribution in [-0.4, -0.2) is 5.11 Å². The Labute approximate surface area is 290 Å². The summed E-state index contributed by atoms with van der Waals surface area (Å²) < 4.78 is 0. The van der Waals surface area contributed by atoms with E-state index in [1.165, 1.54) is 5.56 Å². The van der Waals surface area contributed by atoms with Crippen LogP contribution in [0.25, 0.3) is 22.3 Å². The van der Waals surface area contributed by atoms with Crippen LogP contribution in [0.4, 0.5) is 11.4 Å². The van der Waals surface area contributed by atoms with Gasteiger partial charge in [-0.25, -0.2) is 0 Å². The van der Waals surface area contributed by atoms with E-state index in [9.17, 15) is 5.11 Å². The van der Waals surface area contributed by atoms with Gasteiger partial charge in [-0.2, -0.15) is 0 Å². The molecule has 2 nitrogen and oxygen atoms in total. The Kier molecular flexibility index (Phi) is 8.63. The molecule has 0 saturated carbocycles. The number of rotatable bonds is 8. The van der Waals surface area contributed by atoms with Crippen LogP contribution in [0.3, 0.4) is 0 Å². The first-order valence-corrected chi connectivity index (χ1v) is 16.9. The summed E-state index contributed by atoms with van der Waals surface area (Å²) in [5, 5.41) is 15.2. The number of hydrogen-bond acceptors (Lipinski definition) is 2. The minimum Gasteiger partial charge on any atom is -0.508 e. The van der Waals surface area contributed by atoms with Gasteiger partial charge in [0, 0.05) is 11.4 Å². The third-order valence-corrected chi connectivity index (χ3v) is 9.38. The van der Waals surface area contributed by atoms with E-state index in [-0.39, 0.29) is 11.2 Å². The zero-order chi connectivity index (χ0) is 33.8. The van der Waals surface area contributed by atoms with Gasteiger partial charge in [0.15, 0.2) is 0 Å². The predicted octanol–water partition coefficient (Wildman–Crippen LogP) is 12.1. The highest BCUT2D eigenvalue weighted by Gasteiger charge is 2.39. The summed E-state index contributed by atoms with van der Waals surface area (Å²) in [7, 11) is 0. The van der Waals surface area contributed by atoms with E-state index < -0.39 is 5.41 Å². The molecule has 0 bridgehead atoms. The van der Waals surface area contributed by atoms with Gasteiger partial charge in [0.25, 0.3) is 0 Å². The highest BCUT2D eigenvalue weighted by atomic mass is 16.3. The van der Waals surface area contributed by atoms with Crippen LogP contribution in [0.1, 0.15) is 48.6 Å². The fourth-order valence-corrected chi connectivity index (χ4v) is 6.94. The number of aromatic hydroxyl groups is 1. The molecule has 0 heterocycles. The molecule has 0 aliphatic carbocycles. The van der Waals surface area contributed by atoms with Gasteiger partial charge in [0.05, 0.1) is 5.41 Å². The molecule has 0 aliphatic heterocycles. The molecule has 0 unspecified atom stereocenters. The first-order valence-electron chi connectivity index (χ1n) is 16.9. The zero-order valence-corrected chi connectivity index (χ0v) is 28.3. The Morgan fingerprint density at radius 2 is 0.816 bits per heavy atom. The third-order valence-electron chi connectivity index (χ3n) is 9.38. The lowest BCUT2D eigenvalue weighted by Crippen LogP contribution is -2.31. The van der Waals surface area contributed by atoms with Crippen molar-refractivity contribution in [2.75, 3.05) is 5.32 Å². The maximum absolute atomic E-state index is 11.4. The zero-order valence-electron chi connectivity index (χ0n) is 28.3. The fraction of sp³-hybridized carbons (Fsp3) is 0.106. The first-order chi connectivity index (χ1) is 23.8. The quantitative estimate of drug-likeness (QED) is 0.163. The van der Waals surface area contributed by atoms with Crippen LogP contribution in [0.2, 0.25) is 0 Å². The predicted molar refractivity (Wildman–Crippen MR) is 206 cm³/mol. The van der Waals surface area contributed by atoms with Crippen molar-refractivity contribution in [3.05, 3.63) is 210 Å². The summed E-state index contributed by atoms with van der Waals surface area (Å²) in [6.07, 6.45) is 0. The van der Waals surface area contributed by atoms with Crippen molar-refractivity contribution in [3.8, 4) is 28.0 Å². The number of phenolic OH excluding ortho intramolecular Hbond substituents is 1. The number of phenols is 1. The van der Waals surface area contributed by atoms with Gasteiger partial charge in [-0.3, -0.25) is 0 Å². The Morgan fingerprint density at radius 3 is 1.31 bits per heavy atom. The highest BCUT2D eigenvalue weighted by molar-refractivity contribution is 5.77. The lowest BCUT2D eigenvalue weighted by molar-refractivity contribution is 0.474. The van der Waals surface area contributed by atoms with Gasteiger partial charge in [-0.05, 0) is 104 Å². The molecule has 0 amide bonds. The molecule has 0 spiro atoms. The summed E-state index contributed by atoms with van der Waals surface area (Å²) >= 11 is 0. The lowest BCUT2D eigenvalue weighted by atomic mass is 9.64. The second-order valence-corrected chi connectivity index (χ2v) is 13.7. The molecule has 0 saturated heterocycles. The van der Waals surface area contributed by atoms with Crippen LogP contribution in [0.5, 0.6) is 5.75 Å². The minimum atomic E-state index is -0.776. The second kappa shape index (κ2) is 13.3. The molecular formula is C47H41NO. The van der Waals surface area contributed by atoms with Crippen molar-refractivity contribution in [3.63, 3.8) is 0 Å². The van der Waals surface area contributed by atoms with Crippen LogP contribution >= 0.6 is 0 Å². The van der Waals surface area contributed by atoms with Crippen molar-refractivity contribution in [2.45, 2.75) is 31.6 Å². The topological polar surface area (TPSA) is 32.3 Å². The molecule has 2 N–H and O–H groups in total. The van der Waals surface area contributed by atoms with Crippen molar-refractivity contribution < 1.29 is 5.11 Å². The number of anilines is 2. The third kappa shape index (κ3) is 6.51. The molecule has 240 valence electrons. The van der Waals surface area contributed by atoms with Crippen molar-refractivity contribution in [2.24, 2.45) is 0 Å². The molecule has 0 aromatic heterocycles. The highest BCUT2D eigenvalue weighted by Crippen LogP contribution is 2.48. The Hall–Kier alpha value is -5.86. The molecule has 0 fully saturated rings. The second-order valence-electron chi connectivity index (χ2n) is 13.7. The monoisotopic (exact) mass is 635 g/mol. The smallest absolute Gasteiger partial charge is 0.116 e. The summed E-state index contributed by atoms with van der Waals surface area (Å²) in [4.78, 5) is 0. The maximum atomic E-state index is 11.4. The average Bonchev–Trinajstić information content (AvgIpc) is 3.13. The Morgan fingerprint density at radius 1 is 0.367 bits per heavy atom. The van der Waals surface area contributed by atoms with Gasteiger partial charge in [-0.15, -0.1) is 0 Å². The van der Waals surface area contributed by atoms with Gasteiger partial charge >= 0.3 is 0 Å². The van der Waals surface area contributed by atoms with E-state index in [2.05, 4.69) is 178 Å². The van der Waals surface area contributed by atoms with Crippen molar-refractivity contribution in [1.82, 2.24) is 0 Å². The summed E-state index contributed by atoms with van der Waals surface area (Å²) in [5.74, 6) is 0.226. The van der Waals surface area contributed by atoms with Crippen LogP contribution < -0.4 is 5.32 Å². The van der Waals surface area contributed by atoms with Crippen LogP contribution in [0, 0.1) is 0 Å².